The van der Waals surface area contributed by atoms with Crippen molar-refractivity contribution in [2.75, 3.05) is 6.61 Å². The molecular formula is C18H22ClN3O2. The first-order valence-electron chi connectivity index (χ1n) is 8.06. The number of nitrogens with zero attached hydrogens (tertiary/aromatic N) is 2. The lowest BCUT2D eigenvalue weighted by Gasteiger charge is -2.28. The van der Waals surface area contributed by atoms with Crippen LogP contribution in [0, 0.1) is 6.92 Å². The largest absolute Gasteiger partial charge is 0.493 e. The third-order valence-corrected chi connectivity index (χ3v) is 4.72. The maximum absolute atomic E-state index is 12.8. The second-order valence-corrected chi connectivity index (χ2v) is 7.19. The summed E-state index contributed by atoms with van der Waals surface area (Å²) in [5, 5.41) is 3.74. The van der Waals surface area contributed by atoms with Crippen LogP contribution in [0.4, 0.5) is 0 Å². The molecule has 6 heteroatoms. The molecule has 1 aromatic heterocycles. The van der Waals surface area contributed by atoms with Gasteiger partial charge >= 0.3 is 0 Å². The number of rotatable bonds is 4. The summed E-state index contributed by atoms with van der Waals surface area (Å²) in [6.45, 7) is 8.24. The zero-order valence-electron chi connectivity index (χ0n) is 14.4. The normalized spacial score (nSPS) is 14.9. The lowest BCUT2D eigenvalue weighted by Crippen LogP contribution is -2.44. The Hall–Kier alpha value is -2.01. The summed E-state index contributed by atoms with van der Waals surface area (Å²) in [7, 11) is 0. The highest BCUT2D eigenvalue weighted by Crippen LogP contribution is 2.36. The smallest absolute Gasteiger partial charge is 0.246 e. The van der Waals surface area contributed by atoms with Gasteiger partial charge in [0.1, 0.15) is 11.3 Å². The Morgan fingerprint density at radius 1 is 1.46 bits per heavy atom. The molecule has 0 spiro atoms. The van der Waals surface area contributed by atoms with E-state index in [1.54, 1.807) is 6.33 Å². The van der Waals surface area contributed by atoms with Gasteiger partial charge in [-0.15, -0.1) is 0 Å². The number of halogens is 1. The number of aromatic nitrogens is 2. The van der Waals surface area contributed by atoms with Crippen molar-refractivity contribution in [1.29, 1.82) is 0 Å². The minimum Gasteiger partial charge on any atom is -0.493 e. The lowest BCUT2D eigenvalue weighted by atomic mass is 10.00. The first-order chi connectivity index (χ1) is 11.3. The fourth-order valence-electron chi connectivity index (χ4n) is 2.91. The molecular weight excluding hydrogens is 326 g/mol. The standard InChI is InChI=1S/C18H22ClN3O2/c1-11-9-22(10-20-11)18(3,4)17(23)21-12(2)15-8-14(19)7-13-5-6-24-16(13)15/h7-10,12H,5-6H2,1-4H3,(H,21,23). The molecule has 1 aliphatic rings. The summed E-state index contributed by atoms with van der Waals surface area (Å²) < 4.78 is 7.56. The van der Waals surface area contributed by atoms with Crippen LogP contribution in [0.3, 0.4) is 0 Å². The molecule has 1 atom stereocenters. The summed E-state index contributed by atoms with van der Waals surface area (Å²) in [5.41, 5.74) is 2.16. The number of benzene rings is 1. The van der Waals surface area contributed by atoms with Crippen molar-refractivity contribution in [3.63, 3.8) is 0 Å². The van der Waals surface area contributed by atoms with E-state index in [-0.39, 0.29) is 11.9 Å². The van der Waals surface area contributed by atoms with E-state index in [1.165, 1.54) is 0 Å². The number of amides is 1. The molecule has 1 N–H and O–H groups in total. The summed E-state index contributed by atoms with van der Waals surface area (Å²) in [6.07, 6.45) is 4.40. The van der Waals surface area contributed by atoms with Gasteiger partial charge in [0.05, 0.1) is 24.7 Å². The molecule has 2 heterocycles. The van der Waals surface area contributed by atoms with Gasteiger partial charge in [0.15, 0.2) is 0 Å². The molecule has 5 nitrogen and oxygen atoms in total. The third kappa shape index (κ3) is 3.00. The van der Waals surface area contributed by atoms with Crippen molar-refractivity contribution in [2.24, 2.45) is 0 Å². The van der Waals surface area contributed by atoms with Crippen molar-refractivity contribution in [3.8, 4) is 5.75 Å². The van der Waals surface area contributed by atoms with E-state index < -0.39 is 5.54 Å². The predicted octanol–water partition coefficient (Wildman–Crippen LogP) is 3.39. The number of fused-ring (bicyclic) bond motifs is 1. The Morgan fingerprint density at radius 3 is 2.88 bits per heavy atom. The number of aryl methyl sites for hydroxylation is 1. The molecule has 24 heavy (non-hydrogen) atoms. The quantitative estimate of drug-likeness (QED) is 0.922. The zero-order valence-corrected chi connectivity index (χ0v) is 15.1. The first-order valence-corrected chi connectivity index (χ1v) is 8.44. The number of carbonyl (C=O) groups is 1. The Labute approximate surface area is 147 Å². The Morgan fingerprint density at radius 2 is 2.21 bits per heavy atom. The van der Waals surface area contributed by atoms with Gasteiger partial charge < -0.3 is 14.6 Å². The van der Waals surface area contributed by atoms with Crippen LogP contribution >= 0.6 is 11.6 Å². The van der Waals surface area contributed by atoms with E-state index >= 15 is 0 Å². The monoisotopic (exact) mass is 347 g/mol. The number of carbonyl (C=O) groups excluding carboxylic acids is 1. The maximum Gasteiger partial charge on any atom is 0.246 e. The summed E-state index contributed by atoms with van der Waals surface area (Å²) in [5.74, 6) is 0.766. The topological polar surface area (TPSA) is 56.2 Å². The average Bonchev–Trinajstić information content (AvgIpc) is 3.14. The minimum atomic E-state index is -0.738. The molecule has 1 aliphatic heterocycles. The molecule has 0 aliphatic carbocycles. The molecule has 0 saturated heterocycles. The Balaban J connectivity index is 1.82. The van der Waals surface area contributed by atoms with Crippen molar-refractivity contribution < 1.29 is 9.53 Å². The Kier molecular flexibility index (Phi) is 4.30. The van der Waals surface area contributed by atoms with Crippen LogP contribution in [-0.2, 0) is 16.8 Å². The molecule has 1 aromatic carbocycles. The molecule has 0 radical (unpaired) electrons. The van der Waals surface area contributed by atoms with Gasteiger partial charge in [-0.3, -0.25) is 4.79 Å². The fourth-order valence-corrected chi connectivity index (χ4v) is 3.16. The van der Waals surface area contributed by atoms with E-state index in [1.807, 2.05) is 50.6 Å². The van der Waals surface area contributed by atoms with Crippen molar-refractivity contribution in [3.05, 3.63) is 46.5 Å². The number of ether oxygens (including phenoxy) is 1. The Bertz CT molecular complexity index is 783. The maximum atomic E-state index is 12.8. The summed E-state index contributed by atoms with van der Waals surface area (Å²) in [4.78, 5) is 17.0. The van der Waals surface area contributed by atoms with Gasteiger partial charge in [-0.05, 0) is 45.4 Å². The molecule has 2 aromatic rings. The van der Waals surface area contributed by atoms with Crippen LogP contribution in [0.2, 0.25) is 5.02 Å². The number of hydrogen-bond donors (Lipinski definition) is 1. The van der Waals surface area contributed by atoms with E-state index in [0.29, 0.717) is 11.6 Å². The molecule has 0 fully saturated rings. The van der Waals surface area contributed by atoms with Gasteiger partial charge in [-0.25, -0.2) is 4.98 Å². The number of imidazole rings is 1. The second kappa shape index (κ2) is 6.13. The van der Waals surface area contributed by atoms with Crippen molar-refractivity contribution in [1.82, 2.24) is 14.9 Å². The van der Waals surface area contributed by atoms with E-state index in [0.717, 1.165) is 29.0 Å². The van der Waals surface area contributed by atoms with Crippen LogP contribution in [0.5, 0.6) is 5.75 Å². The van der Waals surface area contributed by atoms with Crippen LogP contribution < -0.4 is 10.1 Å². The highest BCUT2D eigenvalue weighted by Gasteiger charge is 2.31. The molecule has 1 amide bonds. The molecule has 1 unspecified atom stereocenters. The van der Waals surface area contributed by atoms with Gasteiger partial charge in [-0.1, -0.05) is 11.6 Å². The van der Waals surface area contributed by atoms with Gasteiger partial charge in [0.25, 0.3) is 0 Å². The van der Waals surface area contributed by atoms with Crippen LogP contribution in [0.25, 0.3) is 0 Å². The van der Waals surface area contributed by atoms with E-state index in [9.17, 15) is 4.79 Å². The van der Waals surface area contributed by atoms with E-state index in [2.05, 4.69) is 10.3 Å². The van der Waals surface area contributed by atoms with Crippen LogP contribution in [-0.4, -0.2) is 22.1 Å². The molecule has 0 saturated carbocycles. The predicted molar refractivity (Wildman–Crippen MR) is 93.5 cm³/mol. The summed E-state index contributed by atoms with van der Waals surface area (Å²) in [6, 6.07) is 3.59. The number of nitrogens with one attached hydrogen (secondary N) is 1. The first kappa shape index (κ1) is 16.8. The highest BCUT2D eigenvalue weighted by molar-refractivity contribution is 6.30. The lowest BCUT2D eigenvalue weighted by molar-refractivity contribution is -0.129. The minimum absolute atomic E-state index is 0.0841. The van der Waals surface area contributed by atoms with Crippen molar-refractivity contribution >= 4 is 17.5 Å². The summed E-state index contributed by atoms with van der Waals surface area (Å²) >= 11 is 6.22. The third-order valence-electron chi connectivity index (χ3n) is 4.50. The second-order valence-electron chi connectivity index (χ2n) is 6.76. The highest BCUT2D eigenvalue weighted by atomic mass is 35.5. The van der Waals surface area contributed by atoms with Crippen molar-refractivity contribution in [2.45, 2.75) is 45.7 Å². The van der Waals surface area contributed by atoms with Gasteiger partial charge in [0.2, 0.25) is 5.91 Å². The number of hydrogen-bond acceptors (Lipinski definition) is 3. The zero-order chi connectivity index (χ0) is 17.5. The van der Waals surface area contributed by atoms with Gasteiger partial charge in [0, 0.05) is 23.2 Å². The molecule has 3 rings (SSSR count). The fraction of sp³-hybridized carbons (Fsp3) is 0.444. The van der Waals surface area contributed by atoms with Crippen LogP contribution in [0.15, 0.2) is 24.7 Å². The average molecular weight is 348 g/mol. The van der Waals surface area contributed by atoms with Gasteiger partial charge in [-0.2, -0.15) is 0 Å². The van der Waals surface area contributed by atoms with Crippen LogP contribution in [0.1, 0.15) is 43.6 Å². The molecule has 128 valence electrons. The SMILES string of the molecule is Cc1cn(C(C)(C)C(=O)NC(C)c2cc(Cl)cc3c2OCC3)cn1. The van der Waals surface area contributed by atoms with E-state index in [4.69, 9.17) is 16.3 Å². The molecule has 0 bridgehead atoms.